The molecule has 4 N–H and O–H groups in total. The molecular formula is C21H25N5O2. The maximum atomic E-state index is 12.5. The van der Waals surface area contributed by atoms with Gasteiger partial charge in [-0.3, -0.25) is 4.57 Å². The summed E-state index contributed by atoms with van der Waals surface area (Å²) in [6.07, 6.45) is 1.53. The lowest BCUT2D eigenvalue weighted by Gasteiger charge is -2.32. The van der Waals surface area contributed by atoms with Crippen molar-refractivity contribution in [3.8, 4) is 0 Å². The molecule has 1 aliphatic heterocycles. The molecule has 1 fully saturated rings. The fourth-order valence-corrected chi connectivity index (χ4v) is 3.85. The van der Waals surface area contributed by atoms with Crippen LogP contribution in [-0.4, -0.2) is 33.6 Å². The SMILES string of the molecule is NCc1ccc(CNC(=O)N2CCC(n3c(=O)[nH]c4ccccc43)CC2)cc1. The molecule has 146 valence electrons. The zero-order valence-corrected chi connectivity index (χ0v) is 15.7. The van der Waals surface area contributed by atoms with Crippen LogP contribution in [-0.2, 0) is 13.1 Å². The van der Waals surface area contributed by atoms with Gasteiger partial charge in [-0.2, -0.15) is 0 Å². The molecular weight excluding hydrogens is 354 g/mol. The molecule has 0 bridgehead atoms. The summed E-state index contributed by atoms with van der Waals surface area (Å²) in [6, 6.07) is 15.7. The molecule has 2 heterocycles. The predicted molar refractivity (Wildman–Crippen MR) is 109 cm³/mol. The number of para-hydroxylation sites is 2. The third-order valence-corrected chi connectivity index (χ3v) is 5.44. The standard InChI is InChI=1S/C21H25N5O2/c22-13-15-5-7-16(8-6-15)14-23-20(27)25-11-9-17(10-12-25)26-19-4-2-1-3-18(19)24-21(26)28/h1-8,17H,9-14,22H2,(H,23,27)(H,24,28). The van der Waals surface area contributed by atoms with E-state index in [1.165, 1.54) is 0 Å². The van der Waals surface area contributed by atoms with Gasteiger partial charge in [0.05, 0.1) is 11.0 Å². The van der Waals surface area contributed by atoms with E-state index >= 15 is 0 Å². The minimum atomic E-state index is -0.0787. The molecule has 28 heavy (non-hydrogen) atoms. The van der Waals surface area contributed by atoms with Gasteiger partial charge in [0, 0.05) is 32.2 Å². The van der Waals surface area contributed by atoms with Crippen molar-refractivity contribution < 1.29 is 4.79 Å². The zero-order chi connectivity index (χ0) is 19.5. The summed E-state index contributed by atoms with van der Waals surface area (Å²) in [5.41, 5.74) is 9.43. The molecule has 4 rings (SSSR count). The van der Waals surface area contributed by atoms with E-state index in [1.807, 2.05) is 58.0 Å². The normalized spacial score (nSPS) is 15.1. The van der Waals surface area contributed by atoms with Gasteiger partial charge in [-0.05, 0) is 36.1 Å². The lowest BCUT2D eigenvalue weighted by atomic mass is 10.0. The van der Waals surface area contributed by atoms with E-state index in [4.69, 9.17) is 5.73 Å². The number of amides is 2. The van der Waals surface area contributed by atoms with E-state index in [0.29, 0.717) is 26.2 Å². The van der Waals surface area contributed by atoms with Crippen molar-refractivity contribution in [2.75, 3.05) is 13.1 Å². The van der Waals surface area contributed by atoms with Gasteiger partial charge in [0.2, 0.25) is 0 Å². The third kappa shape index (κ3) is 3.66. The van der Waals surface area contributed by atoms with Gasteiger partial charge in [-0.1, -0.05) is 36.4 Å². The molecule has 2 amide bonds. The summed E-state index contributed by atoms with van der Waals surface area (Å²) in [4.78, 5) is 29.6. The molecule has 0 atom stereocenters. The minimum Gasteiger partial charge on any atom is -0.334 e. The van der Waals surface area contributed by atoms with Crippen LogP contribution >= 0.6 is 0 Å². The Morgan fingerprint density at radius 3 is 2.46 bits per heavy atom. The number of rotatable bonds is 4. The molecule has 7 nitrogen and oxygen atoms in total. The number of aromatic nitrogens is 2. The quantitative estimate of drug-likeness (QED) is 0.649. The Morgan fingerprint density at radius 2 is 1.75 bits per heavy atom. The Balaban J connectivity index is 1.35. The maximum Gasteiger partial charge on any atom is 0.326 e. The molecule has 0 radical (unpaired) electrons. The van der Waals surface area contributed by atoms with Crippen molar-refractivity contribution in [1.82, 2.24) is 19.8 Å². The summed E-state index contributed by atoms with van der Waals surface area (Å²) in [6.45, 7) is 2.27. The molecule has 0 saturated carbocycles. The highest BCUT2D eigenvalue weighted by Gasteiger charge is 2.25. The number of hydrogen-bond donors (Lipinski definition) is 3. The Morgan fingerprint density at radius 1 is 1.07 bits per heavy atom. The van der Waals surface area contributed by atoms with Gasteiger partial charge in [-0.25, -0.2) is 9.59 Å². The molecule has 3 aromatic rings. The number of H-pyrrole nitrogens is 1. The van der Waals surface area contributed by atoms with Gasteiger partial charge >= 0.3 is 11.7 Å². The van der Waals surface area contributed by atoms with Crippen molar-refractivity contribution in [3.05, 3.63) is 70.1 Å². The van der Waals surface area contributed by atoms with Crippen LogP contribution in [0.2, 0.25) is 0 Å². The summed E-state index contributed by atoms with van der Waals surface area (Å²) in [7, 11) is 0. The number of fused-ring (bicyclic) bond motifs is 1. The van der Waals surface area contributed by atoms with Crippen LogP contribution < -0.4 is 16.7 Å². The molecule has 1 saturated heterocycles. The van der Waals surface area contributed by atoms with Crippen LogP contribution in [0.1, 0.15) is 30.0 Å². The second-order valence-electron chi connectivity index (χ2n) is 7.21. The third-order valence-electron chi connectivity index (χ3n) is 5.44. The van der Waals surface area contributed by atoms with Crippen molar-refractivity contribution in [3.63, 3.8) is 0 Å². The van der Waals surface area contributed by atoms with E-state index in [-0.39, 0.29) is 17.8 Å². The fourth-order valence-electron chi connectivity index (χ4n) is 3.85. The number of imidazole rings is 1. The molecule has 2 aromatic carbocycles. The van der Waals surface area contributed by atoms with E-state index in [9.17, 15) is 9.59 Å². The highest BCUT2D eigenvalue weighted by molar-refractivity contribution is 5.75. The molecule has 1 aromatic heterocycles. The number of piperidine rings is 1. The largest absolute Gasteiger partial charge is 0.334 e. The Labute approximate surface area is 163 Å². The van der Waals surface area contributed by atoms with Crippen molar-refractivity contribution in [2.45, 2.75) is 32.0 Å². The molecule has 0 unspecified atom stereocenters. The van der Waals surface area contributed by atoms with E-state index in [0.717, 1.165) is 35.0 Å². The lowest BCUT2D eigenvalue weighted by Crippen LogP contribution is -2.45. The number of nitrogens with two attached hydrogens (primary N) is 1. The summed E-state index contributed by atoms with van der Waals surface area (Å²) in [5, 5.41) is 2.98. The highest BCUT2D eigenvalue weighted by atomic mass is 16.2. The van der Waals surface area contributed by atoms with Crippen LogP contribution in [0.4, 0.5) is 4.79 Å². The molecule has 0 aliphatic carbocycles. The average Bonchev–Trinajstić information content (AvgIpc) is 3.08. The number of hydrogen-bond acceptors (Lipinski definition) is 3. The first kappa shape index (κ1) is 18.3. The number of urea groups is 1. The monoisotopic (exact) mass is 379 g/mol. The number of carbonyl (C=O) groups excluding carboxylic acids is 1. The molecule has 7 heteroatoms. The van der Waals surface area contributed by atoms with Gasteiger partial charge in [-0.15, -0.1) is 0 Å². The van der Waals surface area contributed by atoms with Crippen molar-refractivity contribution >= 4 is 17.1 Å². The van der Waals surface area contributed by atoms with Gasteiger partial charge < -0.3 is 20.9 Å². The van der Waals surface area contributed by atoms with Gasteiger partial charge in [0.15, 0.2) is 0 Å². The van der Waals surface area contributed by atoms with E-state index < -0.39 is 0 Å². The van der Waals surface area contributed by atoms with Gasteiger partial charge in [0.25, 0.3) is 0 Å². The number of nitrogens with one attached hydrogen (secondary N) is 2. The van der Waals surface area contributed by atoms with E-state index in [1.54, 1.807) is 0 Å². The first-order valence-corrected chi connectivity index (χ1v) is 9.65. The number of aromatic amines is 1. The van der Waals surface area contributed by atoms with Crippen LogP contribution in [0.3, 0.4) is 0 Å². The maximum absolute atomic E-state index is 12.5. The van der Waals surface area contributed by atoms with Crippen LogP contribution in [0.15, 0.2) is 53.3 Å². The summed E-state index contributed by atoms with van der Waals surface area (Å²) in [5.74, 6) is 0. The Hall–Kier alpha value is -3.06. The van der Waals surface area contributed by atoms with Crippen LogP contribution in [0.5, 0.6) is 0 Å². The smallest absolute Gasteiger partial charge is 0.326 e. The first-order valence-electron chi connectivity index (χ1n) is 9.65. The zero-order valence-electron chi connectivity index (χ0n) is 15.7. The van der Waals surface area contributed by atoms with E-state index in [2.05, 4.69) is 10.3 Å². The lowest BCUT2D eigenvalue weighted by molar-refractivity contribution is 0.171. The minimum absolute atomic E-state index is 0.0624. The number of nitrogens with zero attached hydrogens (tertiary/aromatic N) is 2. The van der Waals surface area contributed by atoms with Gasteiger partial charge in [0.1, 0.15) is 0 Å². The second-order valence-corrected chi connectivity index (χ2v) is 7.21. The fraction of sp³-hybridized carbons (Fsp3) is 0.333. The van der Waals surface area contributed by atoms with Crippen LogP contribution in [0, 0.1) is 0 Å². The van der Waals surface area contributed by atoms with Crippen LogP contribution in [0.25, 0.3) is 11.0 Å². The number of carbonyl (C=O) groups is 1. The number of benzene rings is 2. The van der Waals surface area contributed by atoms with Crippen molar-refractivity contribution in [2.24, 2.45) is 5.73 Å². The average molecular weight is 379 g/mol. The summed E-state index contributed by atoms with van der Waals surface area (Å²) < 4.78 is 1.84. The second kappa shape index (κ2) is 7.90. The molecule has 1 aliphatic rings. The Kier molecular flexibility index (Phi) is 5.16. The summed E-state index contributed by atoms with van der Waals surface area (Å²) >= 11 is 0. The molecule has 0 spiro atoms. The van der Waals surface area contributed by atoms with Crippen molar-refractivity contribution in [1.29, 1.82) is 0 Å². The predicted octanol–water partition coefficient (Wildman–Crippen LogP) is 2.33. The topological polar surface area (TPSA) is 96.2 Å². The first-order chi connectivity index (χ1) is 13.7. The Bertz CT molecular complexity index is 1010. The highest BCUT2D eigenvalue weighted by Crippen LogP contribution is 2.24. The number of likely N-dealkylation sites (tertiary alicyclic amines) is 1.